The van der Waals surface area contributed by atoms with Crippen LogP contribution in [0.4, 0.5) is 13.2 Å². The zero-order chi connectivity index (χ0) is 24.6. The van der Waals surface area contributed by atoms with Gasteiger partial charge in [0.05, 0.1) is 16.5 Å². The Kier molecular flexibility index (Phi) is 9.10. The number of sulfonamides is 1. The fourth-order valence-corrected chi connectivity index (χ4v) is 5.47. The molecule has 2 aromatic rings. The zero-order valence-corrected chi connectivity index (χ0v) is 19.6. The van der Waals surface area contributed by atoms with Crippen LogP contribution >= 0.6 is 0 Å². The van der Waals surface area contributed by atoms with Crippen LogP contribution in [0.3, 0.4) is 0 Å². The number of carbonyl (C=O) groups excluding carboxylic acids is 1. The van der Waals surface area contributed by atoms with E-state index in [9.17, 15) is 26.4 Å². The van der Waals surface area contributed by atoms with Crippen molar-refractivity contribution in [2.75, 3.05) is 19.6 Å². The van der Waals surface area contributed by atoms with Crippen molar-refractivity contribution >= 4 is 16.4 Å². The van der Waals surface area contributed by atoms with E-state index in [2.05, 4.69) is 22.2 Å². The van der Waals surface area contributed by atoms with E-state index >= 15 is 0 Å². The lowest BCUT2D eigenvalue weighted by Crippen LogP contribution is -2.45. The normalized spacial score (nSPS) is 19.7. The van der Waals surface area contributed by atoms with Crippen LogP contribution in [-0.2, 0) is 21.0 Å². The van der Waals surface area contributed by atoms with Gasteiger partial charge in [0.1, 0.15) is 0 Å². The summed E-state index contributed by atoms with van der Waals surface area (Å²) >= 11 is 0. The zero-order valence-electron chi connectivity index (χ0n) is 18.8. The second-order valence-corrected chi connectivity index (χ2v) is 10.2. The van der Waals surface area contributed by atoms with Gasteiger partial charge >= 0.3 is 6.18 Å². The van der Waals surface area contributed by atoms with Crippen molar-refractivity contribution in [3.63, 3.8) is 0 Å². The van der Waals surface area contributed by atoms with E-state index < -0.39 is 21.8 Å². The number of piperazine rings is 1. The maximum absolute atomic E-state index is 12.4. The standard InChI is InChI=1S/C13H16F3NO2S.C11H14N2O/c14-13(15,16)10-6-8-12(9-7-10)20(18,19)17-11-4-2-1-3-5-11;14-9-13-7-6-12-8-11(13)10-4-2-1-3-5-10/h6-9,11,17H,1-5H2;1-5,9,11-12H,6-8H2/t;11-/m.1/s1. The predicted molar refractivity (Wildman–Crippen MR) is 123 cm³/mol. The molecule has 0 radical (unpaired) electrons. The Morgan fingerprint density at radius 1 is 0.971 bits per heavy atom. The summed E-state index contributed by atoms with van der Waals surface area (Å²) in [6.07, 6.45) is 1.08. The van der Waals surface area contributed by atoms with E-state index in [-0.39, 0.29) is 17.0 Å². The third kappa shape index (κ3) is 7.28. The van der Waals surface area contributed by atoms with Crippen molar-refractivity contribution in [2.24, 2.45) is 0 Å². The van der Waals surface area contributed by atoms with Crippen molar-refractivity contribution in [2.45, 2.75) is 55.3 Å². The molecule has 1 atom stereocenters. The van der Waals surface area contributed by atoms with Crippen molar-refractivity contribution in [1.29, 1.82) is 0 Å². The molecular weight excluding hydrogens is 467 g/mol. The molecule has 4 rings (SSSR count). The molecule has 0 spiro atoms. The van der Waals surface area contributed by atoms with Gasteiger partial charge in [-0.05, 0) is 42.7 Å². The van der Waals surface area contributed by atoms with Crippen LogP contribution in [0.15, 0.2) is 59.5 Å². The molecule has 2 fully saturated rings. The van der Waals surface area contributed by atoms with E-state index in [1.165, 1.54) is 5.56 Å². The summed E-state index contributed by atoms with van der Waals surface area (Å²) in [6, 6.07) is 13.8. The molecule has 1 amide bonds. The number of amides is 1. The predicted octanol–water partition coefficient (Wildman–Crippen LogP) is 4.11. The number of alkyl halides is 3. The second kappa shape index (κ2) is 11.8. The second-order valence-electron chi connectivity index (χ2n) is 8.45. The minimum Gasteiger partial charge on any atom is -0.336 e. The maximum atomic E-state index is 12.4. The minimum atomic E-state index is -4.46. The Morgan fingerprint density at radius 2 is 1.62 bits per heavy atom. The first-order valence-electron chi connectivity index (χ1n) is 11.4. The van der Waals surface area contributed by atoms with Gasteiger partial charge in [-0.25, -0.2) is 13.1 Å². The third-order valence-corrected chi connectivity index (χ3v) is 7.56. The Bertz CT molecular complexity index is 1010. The number of nitrogens with one attached hydrogen (secondary N) is 2. The summed E-state index contributed by atoms with van der Waals surface area (Å²) in [4.78, 5) is 12.6. The van der Waals surface area contributed by atoms with Crippen molar-refractivity contribution in [3.05, 3.63) is 65.7 Å². The Morgan fingerprint density at radius 3 is 2.21 bits per heavy atom. The molecule has 0 aromatic heterocycles. The molecule has 2 aromatic carbocycles. The van der Waals surface area contributed by atoms with Crippen LogP contribution in [-0.4, -0.2) is 45.4 Å². The number of rotatable bonds is 5. The summed E-state index contributed by atoms with van der Waals surface area (Å²) < 4.78 is 64.0. The average molecular weight is 498 g/mol. The highest BCUT2D eigenvalue weighted by Crippen LogP contribution is 2.30. The van der Waals surface area contributed by atoms with Gasteiger partial charge in [0.25, 0.3) is 0 Å². The van der Waals surface area contributed by atoms with E-state index in [1.54, 1.807) is 0 Å². The van der Waals surface area contributed by atoms with Crippen LogP contribution in [0.1, 0.15) is 49.3 Å². The molecule has 34 heavy (non-hydrogen) atoms. The molecule has 1 heterocycles. The molecule has 0 bridgehead atoms. The quantitative estimate of drug-likeness (QED) is 0.610. The van der Waals surface area contributed by atoms with E-state index in [0.717, 1.165) is 82.4 Å². The van der Waals surface area contributed by atoms with Gasteiger partial charge in [-0.15, -0.1) is 0 Å². The summed E-state index contributed by atoms with van der Waals surface area (Å²) in [6.45, 7) is 2.54. The van der Waals surface area contributed by atoms with Gasteiger partial charge in [-0.2, -0.15) is 13.2 Å². The molecule has 1 aliphatic carbocycles. The topological polar surface area (TPSA) is 78.5 Å². The summed E-state index contributed by atoms with van der Waals surface area (Å²) in [5.74, 6) is 0. The van der Waals surface area contributed by atoms with Gasteiger partial charge < -0.3 is 10.2 Å². The highest BCUT2D eigenvalue weighted by Gasteiger charge is 2.31. The Balaban J connectivity index is 0.000000202. The number of hydrogen-bond donors (Lipinski definition) is 2. The SMILES string of the molecule is O=CN1CCNC[C@@H]1c1ccccc1.O=S(=O)(NC1CCCCC1)c1ccc(C(F)(F)F)cc1. The van der Waals surface area contributed by atoms with Gasteiger partial charge in [-0.3, -0.25) is 4.79 Å². The minimum absolute atomic E-state index is 0.115. The van der Waals surface area contributed by atoms with E-state index in [1.807, 2.05) is 23.1 Å². The van der Waals surface area contributed by atoms with E-state index in [4.69, 9.17) is 0 Å². The molecule has 1 saturated heterocycles. The first kappa shape index (κ1) is 26.2. The Labute approximate surface area is 198 Å². The number of benzene rings is 2. The van der Waals surface area contributed by atoms with E-state index in [0.29, 0.717) is 0 Å². The summed E-state index contributed by atoms with van der Waals surface area (Å²) in [7, 11) is -3.74. The first-order chi connectivity index (χ1) is 16.2. The first-order valence-corrected chi connectivity index (χ1v) is 12.9. The number of carbonyl (C=O) groups is 1. The van der Waals surface area contributed by atoms with Crippen molar-refractivity contribution in [3.8, 4) is 0 Å². The number of hydrogen-bond acceptors (Lipinski definition) is 4. The van der Waals surface area contributed by atoms with Gasteiger partial charge in [-0.1, -0.05) is 49.6 Å². The monoisotopic (exact) mass is 497 g/mol. The lowest BCUT2D eigenvalue weighted by molar-refractivity contribution is -0.137. The molecule has 1 aliphatic heterocycles. The van der Waals surface area contributed by atoms with Crippen LogP contribution < -0.4 is 10.0 Å². The van der Waals surface area contributed by atoms with Gasteiger partial charge in [0.15, 0.2) is 0 Å². The molecule has 2 N–H and O–H groups in total. The lowest BCUT2D eigenvalue weighted by Gasteiger charge is -2.33. The largest absolute Gasteiger partial charge is 0.416 e. The van der Waals surface area contributed by atoms with Crippen LogP contribution in [0.25, 0.3) is 0 Å². The van der Waals surface area contributed by atoms with Crippen molar-refractivity contribution in [1.82, 2.24) is 14.9 Å². The van der Waals surface area contributed by atoms with Gasteiger partial charge in [0, 0.05) is 25.7 Å². The summed E-state index contributed by atoms with van der Waals surface area (Å²) in [5, 5.41) is 3.30. The number of halogens is 3. The fourth-order valence-electron chi connectivity index (χ4n) is 4.16. The smallest absolute Gasteiger partial charge is 0.336 e. The molecule has 0 unspecified atom stereocenters. The number of nitrogens with zero attached hydrogens (tertiary/aromatic N) is 1. The molecule has 6 nitrogen and oxygen atoms in total. The van der Waals surface area contributed by atoms with Crippen molar-refractivity contribution < 1.29 is 26.4 Å². The molecular formula is C24H30F3N3O3S. The van der Waals surface area contributed by atoms with Gasteiger partial charge in [0.2, 0.25) is 16.4 Å². The summed E-state index contributed by atoms with van der Waals surface area (Å²) in [5.41, 5.74) is 0.348. The highest BCUT2D eigenvalue weighted by atomic mass is 32.2. The molecule has 2 aliphatic rings. The Hall–Kier alpha value is -2.43. The molecule has 1 saturated carbocycles. The average Bonchev–Trinajstić information content (AvgIpc) is 2.85. The van der Waals surface area contributed by atoms with Crippen LogP contribution in [0.2, 0.25) is 0 Å². The maximum Gasteiger partial charge on any atom is 0.416 e. The highest BCUT2D eigenvalue weighted by molar-refractivity contribution is 7.89. The third-order valence-electron chi connectivity index (χ3n) is 6.02. The fraction of sp³-hybridized carbons (Fsp3) is 0.458. The van der Waals surface area contributed by atoms with Crippen LogP contribution in [0.5, 0.6) is 0 Å². The molecule has 10 heteroatoms. The molecule has 186 valence electrons. The lowest BCUT2D eigenvalue weighted by atomic mass is 9.96. The van der Waals surface area contributed by atoms with Crippen LogP contribution in [0, 0.1) is 0 Å².